The molecule has 132 valence electrons. The number of anilines is 1. The Hall–Kier alpha value is -2.63. The zero-order valence-electron chi connectivity index (χ0n) is 15.1. The van der Waals surface area contributed by atoms with E-state index >= 15 is 0 Å². The maximum atomic E-state index is 12.7. The summed E-state index contributed by atoms with van der Waals surface area (Å²) < 4.78 is 7.37. The fourth-order valence-electron chi connectivity index (χ4n) is 2.79. The van der Waals surface area contributed by atoms with Crippen LogP contribution in [0.1, 0.15) is 44.5 Å². The third-order valence-corrected chi connectivity index (χ3v) is 4.23. The molecule has 2 heterocycles. The van der Waals surface area contributed by atoms with Gasteiger partial charge in [0.2, 0.25) is 0 Å². The van der Waals surface area contributed by atoms with E-state index in [0.717, 1.165) is 17.5 Å². The topological polar surface area (TPSA) is 83.0 Å². The van der Waals surface area contributed by atoms with Gasteiger partial charge in [0.05, 0.1) is 17.1 Å². The van der Waals surface area contributed by atoms with Crippen LogP contribution in [0.4, 0.5) is 5.82 Å². The maximum Gasteiger partial charge on any atom is 0.344 e. The molecule has 0 radical (unpaired) electrons. The number of nitrogens with two attached hydrogens (primary N) is 1. The minimum absolute atomic E-state index is 0.177. The largest absolute Gasteiger partial charge is 0.459 e. The number of hydrogen-bond donors (Lipinski definition) is 1. The molecule has 2 aromatic heterocycles. The highest BCUT2D eigenvalue weighted by molar-refractivity contribution is 6.08. The third kappa shape index (κ3) is 3.16. The average molecular weight is 340 g/mol. The minimum Gasteiger partial charge on any atom is -0.459 e. The van der Waals surface area contributed by atoms with Crippen LogP contribution in [0, 0.1) is 5.92 Å². The van der Waals surface area contributed by atoms with Crippen molar-refractivity contribution >= 4 is 34.0 Å². The third-order valence-electron chi connectivity index (χ3n) is 4.23. The molecule has 0 saturated carbocycles. The second-order valence-corrected chi connectivity index (χ2v) is 6.77. The molecule has 0 saturated heterocycles. The molecular formula is C19H24N4O2. The van der Waals surface area contributed by atoms with Crippen LogP contribution >= 0.6 is 0 Å². The lowest BCUT2D eigenvalue weighted by Gasteiger charge is -2.12. The van der Waals surface area contributed by atoms with Crippen LogP contribution in [0.15, 0.2) is 24.3 Å². The van der Waals surface area contributed by atoms with Gasteiger partial charge in [-0.05, 0) is 31.4 Å². The number of aromatic nitrogens is 3. The fourth-order valence-corrected chi connectivity index (χ4v) is 2.79. The summed E-state index contributed by atoms with van der Waals surface area (Å²) in [6.07, 6.45) is 0.564. The Balaban J connectivity index is 2.25. The normalized spacial score (nSPS) is 12.8. The highest BCUT2D eigenvalue weighted by Gasteiger charge is 2.26. The number of benzene rings is 1. The number of carbonyl (C=O) groups excluding carboxylic acids is 1. The zero-order valence-corrected chi connectivity index (χ0v) is 15.1. The second kappa shape index (κ2) is 6.70. The van der Waals surface area contributed by atoms with E-state index in [0.29, 0.717) is 35.0 Å². The number of carbonyl (C=O) groups is 1. The lowest BCUT2D eigenvalue weighted by molar-refractivity contribution is 0.0337. The fraction of sp³-hybridized carbons (Fsp3) is 0.421. The number of hydrogen-bond acceptors (Lipinski definition) is 5. The van der Waals surface area contributed by atoms with Gasteiger partial charge in [0.15, 0.2) is 5.65 Å². The molecule has 0 aliphatic rings. The SMILES string of the molecule is CC[C@H](C)OC(=O)c1c(N)n(CC(C)C)c2nc3ccccc3nc12. The number of nitrogens with zero attached hydrogens (tertiary/aromatic N) is 3. The van der Waals surface area contributed by atoms with E-state index in [2.05, 4.69) is 18.8 Å². The Bertz CT molecular complexity index is 930. The summed E-state index contributed by atoms with van der Waals surface area (Å²) >= 11 is 0. The van der Waals surface area contributed by atoms with Gasteiger partial charge >= 0.3 is 5.97 Å². The summed E-state index contributed by atoms with van der Waals surface area (Å²) in [6.45, 7) is 8.68. The summed E-state index contributed by atoms with van der Waals surface area (Å²) in [7, 11) is 0. The number of fused-ring (bicyclic) bond motifs is 2. The summed E-state index contributed by atoms with van der Waals surface area (Å²) in [5.74, 6) is 0.279. The molecule has 3 rings (SSSR count). The first kappa shape index (κ1) is 17.2. The van der Waals surface area contributed by atoms with Crippen molar-refractivity contribution in [3.8, 4) is 0 Å². The maximum absolute atomic E-state index is 12.7. The first-order chi connectivity index (χ1) is 11.9. The number of ether oxygens (including phenoxy) is 1. The Kier molecular flexibility index (Phi) is 4.61. The van der Waals surface area contributed by atoms with Gasteiger partial charge in [-0.1, -0.05) is 32.9 Å². The Labute approximate surface area is 147 Å². The van der Waals surface area contributed by atoms with E-state index in [1.54, 1.807) is 0 Å². The van der Waals surface area contributed by atoms with Crippen LogP contribution in [0.25, 0.3) is 22.2 Å². The molecule has 2 N–H and O–H groups in total. The van der Waals surface area contributed by atoms with Gasteiger partial charge in [-0.15, -0.1) is 0 Å². The van der Waals surface area contributed by atoms with Crippen molar-refractivity contribution < 1.29 is 9.53 Å². The molecule has 0 unspecified atom stereocenters. The van der Waals surface area contributed by atoms with Gasteiger partial charge in [0.1, 0.15) is 16.9 Å². The van der Waals surface area contributed by atoms with Gasteiger partial charge in [-0.2, -0.15) is 0 Å². The van der Waals surface area contributed by atoms with E-state index in [-0.39, 0.29) is 6.10 Å². The molecule has 3 aromatic rings. The zero-order chi connectivity index (χ0) is 18.1. The van der Waals surface area contributed by atoms with Crippen molar-refractivity contribution in [3.05, 3.63) is 29.8 Å². The summed E-state index contributed by atoms with van der Waals surface area (Å²) in [4.78, 5) is 22.1. The monoisotopic (exact) mass is 340 g/mol. The number of esters is 1. The van der Waals surface area contributed by atoms with Crippen molar-refractivity contribution in [3.63, 3.8) is 0 Å². The van der Waals surface area contributed by atoms with E-state index in [1.165, 1.54) is 0 Å². The number of rotatable bonds is 5. The summed E-state index contributed by atoms with van der Waals surface area (Å²) in [5.41, 5.74) is 9.28. The van der Waals surface area contributed by atoms with Gasteiger partial charge in [0.25, 0.3) is 0 Å². The summed E-state index contributed by atoms with van der Waals surface area (Å²) in [5, 5.41) is 0. The van der Waals surface area contributed by atoms with E-state index < -0.39 is 5.97 Å². The predicted octanol–water partition coefficient (Wildman–Crippen LogP) is 3.78. The van der Waals surface area contributed by atoms with Crippen LogP contribution in [0.2, 0.25) is 0 Å². The molecule has 0 bridgehead atoms. The van der Waals surface area contributed by atoms with Gasteiger partial charge < -0.3 is 15.0 Å². The van der Waals surface area contributed by atoms with E-state index in [9.17, 15) is 4.79 Å². The van der Waals surface area contributed by atoms with Crippen molar-refractivity contribution in [2.24, 2.45) is 5.92 Å². The van der Waals surface area contributed by atoms with Crippen molar-refractivity contribution in [2.45, 2.75) is 46.8 Å². The first-order valence-corrected chi connectivity index (χ1v) is 8.67. The van der Waals surface area contributed by atoms with Gasteiger partial charge in [-0.25, -0.2) is 14.8 Å². The standard InChI is InChI=1S/C19H24N4O2/c1-5-12(4)25-19(24)15-16-18(23(17(15)20)10-11(2)3)22-14-9-7-6-8-13(14)21-16/h6-9,11-12H,5,10,20H2,1-4H3/t12-/m0/s1. The average Bonchev–Trinajstić information content (AvgIpc) is 2.83. The minimum atomic E-state index is -0.441. The Morgan fingerprint density at radius 3 is 2.44 bits per heavy atom. The van der Waals surface area contributed by atoms with Crippen LogP contribution in [0.5, 0.6) is 0 Å². The molecule has 0 aliphatic carbocycles. The van der Waals surface area contributed by atoms with E-state index in [4.69, 9.17) is 15.5 Å². The predicted molar refractivity (Wildman–Crippen MR) is 99.5 cm³/mol. The van der Waals surface area contributed by atoms with E-state index in [1.807, 2.05) is 42.7 Å². The van der Waals surface area contributed by atoms with Gasteiger partial charge in [-0.3, -0.25) is 0 Å². The van der Waals surface area contributed by atoms with Crippen LogP contribution in [-0.2, 0) is 11.3 Å². The quantitative estimate of drug-likeness (QED) is 0.715. The van der Waals surface area contributed by atoms with Crippen LogP contribution in [-0.4, -0.2) is 26.6 Å². The molecule has 1 aromatic carbocycles. The summed E-state index contributed by atoms with van der Waals surface area (Å²) in [6, 6.07) is 7.60. The molecule has 0 amide bonds. The van der Waals surface area contributed by atoms with Gasteiger partial charge in [0, 0.05) is 6.54 Å². The van der Waals surface area contributed by atoms with Crippen molar-refractivity contribution in [1.82, 2.24) is 14.5 Å². The highest BCUT2D eigenvalue weighted by Crippen LogP contribution is 2.29. The Morgan fingerprint density at radius 2 is 1.84 bits per heavy atom. The van der Waals surface area contributed by atoms with Crippen molar-refractivity contribution in [2.75, 3.05) is 5.73 Å². The lowest BCUT2D eigenvalue weighted by Crippen LogP contribution is -2.16. The van der Waals surface area contributed by atoms with Crippen molar-refractivity contribution in [1.29, 1.82) is 0 Å². The molecule has 0 aliphatic heterocycles. The molecule has 1 atom stereocenters. The van der Waals surface area contributed by atoms with Crippen LogP contribution in [0.3, 0.4) is 0 Å². The highest BCUT2D eigenvalue weighted by atomic mass is 16.5. The van der Waals surface area contributed by atoms with Crippen LogP contribution < -0.4 is 5.73 Å². The molecular weight excluding hydrogens is 316 g/mol. The Morgan fingerprint density at radius 1 is 1.20 bits per heavy atom. The number of para-hydroxylation sites is 2. The first-order valence-electron chi connectivity index (χ1n) is 8.67. The molecule has 6 heteroatoms. The lowest BCUT2D eigenvalue weighted by atomic mass is 10.2. The molecule has 25 heavy (non-hydrogen) atoms. The smallest absolute Gasteiger partial charge is 0.344 e. The molecule has 6 nitrogen and oxygen atoms in total. The molecule has 0 fully saturated rings. The molecule has 0 spiro atoms. The second-order valence-electron chi connectivity index (χ2n) is 6.77. The number of nitrogen functional groups attached to an aromatic ring is 1.